The number of fused-ring (bicyclic) bond motifs is 1. The van der Waals surface area contributed by atoms with Gasteiger partial charge in [-0.2, -0.15) is 0 Å². The molecule has 0 unspecified atom stereocenters. The number of esters is 1. The number of hydrogen-bond donors (Lipinski definition) is 0. The highest BCUT2D eigenvalue weighted by atomic mass is 16.5. The van der Waals surface area contributed by atoms with Crippen molar-refractivity contribution in [2.24, 2.45) is 0 Å². The van der Waals surface area contributed by atoms with Gasteiger partial charge in [-0.1, -0.05) is 42.5 Å². The van der Waals surface area contributed by atoms with E-state index in [1.54, 1.807) is 37.4 Å². The van der Waals surface area contributed by atoms with Gasteiger partial charge in [0, 0.05) is 11.5 Å². The molecular formula is C25H20O5. The predicted molar refractivity (Wildman–Crippen MR) is 115 cm³/mol. The second-order valence-electron chi connectivity index (χ2n) is 6.91. The highest BCUT2D eigenvalue weighted by Crippen LogP contribution is 2.30. The molecule has 0 atom stereocenters. The van der Waals surface area contributed by atoms with Crippen LogP contribution >= 0.6 is 0 Å². The lowest BCUT2D eigenvalue weighted by molar-refractivity contribution is -0.133. The highest BCUT2D eigenvalue weighted by molar-refractivity contribution is 5.88. The van der Waals surface area contributed by atoms with Gasteiger partial charge >= 0.3 is 11.6 Å². The van der Waals surface area contributed by atoms with Gasteiger partial charge in [0.05, 0.1) is 19.1 Å². The molecule has 0 saturated carbocycles. The van der Waals surface area contributed by atoms with E-state index in [2.05, 4.69) is 0 Å². The molecular weight excluding hydrogens is 380 g/mol. The smallest absolute Gasteiger partial charge is 0.344 e. The molecule has 3 aromatic carbocycles. The molecule has 0 spiro atoms. The Balaban J connectivity index is 1.64. The first kappa shape index (κ1) is 19.5. The first-order valence-electron chi connectivity index (χ1n) is 9.51. The lowest BCUT2D eigenvalue weighted by Crippen LogP contribution is -2.11. The topological polar surface area (TPSA) is 65.7 Å². The summed E-state index contributed by atoms with van der Waals surface area (Å²) in [5.74, 6) is 0.668. The molecule has 150 valence electrons. The SMILES string of the molecule is COc1ccc(-c2c(C)c3ccc(OC(=O)Cc4ccccc4)cc3oc2=O)cc1. The van der Waals surface area contributed by atoms with Crippen LogP contribution in [-0.4, -0.2) is 13.1 Å². The minimum absolute atomic E-state index is 0.165. The Hall–Kier alpha value is -3.86. The van der Waals surface area contributed by atoms with Crippen LogP contribution in [0.4, 0.5) is 0 Å². The third kappa shape index (κ3) is 3.96. The van der Waals surface area contributed by atoms with Gasteiger partial charge in [-0.05, 0) is 47.9 Å². The molecule has 0 radical (unpaired) electrons. The van der Waals surface area contributed by atoms with Crippen LogP contribution in [0.5, 0.6) is 11.5 Å². The van der Waals surface area contributed by atoms with Gasteiger partial charge in [-0.3, -0.25) is 4.79 Å². The van der Waals surface area contributed by atoms with E-state index in [4.69, 9.17) is 13.9 Å². The van der Waals surface area contributed by atoms with E-state index in [0.29, 0.717) is 22.6 Å². The van der Waals surface area contributed by atoms with Gasteiger partial charge < -0.3 is 13.9 Å². The lowest BCUT2D eigenvalue weighted by atomic mass is 9.99. The number of rotatable bonds is 5. The van der Waals surface area contributed by atoms with Gasteiger partial charge in [0.25, 0.3) is 0 Å². The van der Waals surface area contributed by atoms with Crippen molar-refractivity contribution in [2.45, 2.75) is 13.3 Å². The lowest BCUT2D eigenvalue weighted by Gasteiger charge is -2.10. The molecule has 0 amide bonds. The Kier molecular flexibility index (Phi) is 5.35. The Morgan fingerprint density at radius 1 is 0.933 bits per heavy atom. The van der Waals surface area contributed by atoms with E-state index in [1.165, 1.54) is 0 Å². The zero-order valence-electron chi connectivity index (χ0n) is 16.7. The van der Waals surface area contributed by atoms with Gasteiger partial charge in [0.1, 0.15) is 17.1 Å². The van der Waals surface area contributed by atoms with E-state index < -0.39 is 5.63 Å². The highest BCUT2D eigenvalue weighted by Gasteiger charge is 2.15. The van der Waals surface area contributed by atoms with Crippen LogP contribution in [0.15, 0.2) is 82.0 Å². The number of carbonyl (C=O) groups excluding carboxylic acids is 1. The quantitative estimate of drug-likeness (QED) is 0.270. The third-order valence-corrected chi connectivity index (χ3v) is 4.94. The van der Waals surface area contributed by atoms with Crippen molar-refractivity contribution < 1.29 is 18.7 Å². The summed E-state index contributed by atoms with van der Waals surface area (Å²) in [6, 6.07) is 21.7. The summed E-state index contributed by atoms with van der Waals surface area (Å²) >= 11 is 0. The second kappa shape index (κ2) is 8.25. The van der Waals surface area contributed by atoms with Crippen molar-refractivity contribution in [1.82, 2.24) is 0 Å². The first-order valence-corrected chi connectivity index (χ1v) is 9.51. The summed E-state index contributed by atoms with van der Waals surface area (Å²) in [5.41, 5.74) is 2.85. The van der Waals surface area contributed by atoms with Gasteiger partial charge in [0.2, 0.25) is 0 Å². The van der Waals surface area contributed by atoms with Crippen LogP contribution in [-0.2, 0) is 11.2 Å². The molecule has 0 aliphatic rings. The van der Waals surface area contributed by atoms with Crippen molar-refractivity contribution in [2.75, 3.05) is 7.11 Å². The van der Waals surface area contributed by atoms with Gasteiger partial charge in [0.15, 0.2) is 0 Å². The molecule has 0 N–H and O–H groups in total. The Morgan fingerprint density at radius 2 is 1.63 bits per heavy atom. The summed E-state index contributed by atoms with van der Waals surface area (Å²) < 4.78 is 16.2. The fourth-order valence-electron chi connectivity index (χ4n) is 3.42. The largest absolute Gasteiger partial charge is 0.497 e. The molecule has 5 heteroatoms. The van der Waals surface area contributed by atoms with E-state index in [9.17, 15) is 9.59 Å². The monoisotopic (exact) mass is 400 g/mol. The average Bonchev–Trinajstić information content (AvgIpc) is 2.74. The molecule has 4 rings (SSSR count). The van der Waals surface area contributed by atoms with Gasteiger partial charge in [-0.25, -0.2) is 4.79 Å². The summed E-state index contributed by atoms with van der Waals surface area (Å²) in [5, 5.41) is 0.781. The Morgan fingerprint density at radius 3 is 2.33 bits per heavy atom. The van der Waals surface area contributed by atoms with Crippen molar-refractivity contribution in [3.63, 3.8) is 0 Å². The summed E-state index contributed by atoms with van der Waals surface area (Å²) in [4.78, 5) is 24.9. The van der Waals surface area contributed by atoms with Gasteiger partial charge in [-0.15, -0.1) is 0 Å². The predicted octanol–water partition coefficient (Wildman–Crippen LogP) is 4.93. The summed E-state index contributed by atoms with van der Waals surface area (Å²) in [7, 11) is 1.59. The molecule has 1 heterocycles. The minimum Gasteiger partial charge on any atom is -0.497 e. The number of aryl methyl sites for hydroxylation is 1. The number of benzene rings is 3. The number of carbonyl (C=O) groups is 1. The third-order valence-electron chi connectivity index (χ3n) is 4.94. The van der Waals surface area contributed by atoms with Crippen LogP contribution in [0.2, 0.25) is 0 Å². The van der Waals surface area contributed by atoms with Crippen LogP contribution in [0.1, 0.15) is 11.1 Å². The molecule has 0 aliphatic heterocycles. The van der Waals surface area contributed by atoms with E-state index in [1.807, 2.05) is 49.4 Å². The summed E-state index contributed by atoms with van der Waals surface area (Å²) in [6.07, 6.45) is 0.165. The average molecular weight is 400 g/mol. The fourth-order valence-corrected chi connectivity index (χ4v) is 3.42. The maximum atomic E-state index is 12.7. The van der Waals surface area contributed by atoms with Crippen LogP contribution in [0, 0.1) is 6.92 Å². The molecule has 0 saturated heterocycles. The van der Waals surface area contributed by atoms with E-state index in [0.717, 1.165) is 22.1 Å². The van der Waals surface area contributed by atoms with E-state index in [-0.39, 0.29) is 12.4 Å². The van der Waals surface area contributed by atoms with Crippen molar-refractivity contribution in [3.8, 4) is 22.6 Å². The second-order valence-corrected chi connectivity index (χ2v) is 6.91. The maximum Gasteiger partial charge on any atom is 0.344 e. The van der Waals surface area contributed by atoms with Crippen LogP contribution < -0.4 is 15.1 Å². The van der Waals surface area contributed by atoms with Crippen molar-refractivity contribution >= 4 is 16.9 Å². The van der Waals surface area contributed by atoms with E-state index >= 15 is 0 Å². The molecule has 0 fully saturated rings. The molecule has 30 heavy (non-hydrogen) atoms. The number of hydrogen-bond acceptors (Lipinski definition) is 5. The number of ether oxygens (including phenoxy) is 2. The van der Waals surface area contributed by atoms with Crippen LogP contribution in [0.3, 0.4) is 0 Å². The maximum absolute atomic E-state index is 12.7. The van der Waals surface area contributed by atoms with Crippen molar-refractivity contribution in [1.29, 1.82) is 0 Å². The molecule has 0 aliphatic carbocycles. The zero-order chi connectivity index (χ0) is 21.1. The fraction of sp³-hybridized carbons (Fsp3) is 0.120. The number of methoxy groups -OCH3 is 1. The zero-order valence-corrected chi connectivity index (χ0v) is 16.7. The summed E-state index contributed by atoms with van der Waals surface area (Å²) in [6.45, 7) is 1.87. The standard InChI is InChI=1S/C25H20O5/c1-16-21-13-12-20(29-23(26)14-17-6-4-3-5-7-17)15-22(21)30-25(27)24(16)18-8-10-19(28-2)11-9-18/h3-13,15H,14H2,1-2H3. The minimum atomic E-state index is -0.446. The Bertz CT molecular complexity index is 1250. The molecule has 5 nitrogen and oxygen atoms in total. The Labute approximate surface area is 173 Å². The first-order chi connectivity index (χ1) is 14.5. The molecule has 1 aromatic heterocycles. The normalized spacial score (nSPS) is 10.7. The molecule has 0 bridgehead atoms. The van der Waals surface area contributed by atoms with Crippen LogP contribution in [0.25, 0.3) is 22.1 Å². The molecule has 4 aromatic rings. The van der Waals surface area contributed by atoms with Crippen molar-refractivity contribution in [3.05, 3.63) is 94.3 Å².